The van der Waals surface area contributed by atoms with Crippen molar-refractivity contribution < 1.29 is 28.4 Å². The van der Waals surface area contributed by atoms with Crippen LogP contribution in [0, 0.1) is 11.8 Å². The predicted octanol–water partition coefficient (Wildman–Crippen LogP) is 6.22. The second kappa shape index (κ2) is 18.8. The van der Waals surface area contributed by atoms with Gasteiger partial charge in [0.1, 0.15) is 29.3 Å². The maximum atomic E-state index is 14.6. The number of anilines is 1. The standard InChI is InChI=1S/C33H60N7O6P/c1-24(2)16-12-10-14-18-44-30(41)32(6,7)38-47(43,39-33(8,9)31(42)45-19-15-11-13-17-25(3)4)23-46-26(5)20-40-22-37-27-28(34)35-21-36-29(27)40/h21-22,24-26H,10-20,23H2,1-9H3,(H2,34,35,36)(H2,38,39,43)/t26-/m1/s1. The first-order chi connectivity index (χ1) is 22.0. The predicted molar refractivity (Wildman–Crippen MR) is 186 cm³/mol. The molecule has 0 aromatic carbocycles. The summed E-state index contributed by atoms with van der Waals surface area (Å²) in [6, 6.07) is 0. The minimum Gasteiger partial charge on any atom is -0.464 e. The molecular weight excluding hydrogens is 621 g/mol. The number of hydrogen-bond donors (Lipinski definition) is 3. The Kier molecular flexibility index (Phi) is 16.2. The lowest BCUT2D eigenvalue weighted by molar-refractivity contribution is -0.149. The summed E-state index contributed by atoms with van der Waals surface area (Å²) in [5.74, 6) is 0.460. The molecule has 4 N–H and O–H groups in total. The van der Waals surface area contributed by atoms with E-state index in [1.54, 1.807) is 38.6 Å². The zero-order valence-corrected chi connectivity index (χ0v) is 31.0. The lowest BCUT2D eigenvalue weighted by Crippen LogP contribution is -2.54. The fourth-order valence-electron chi connectivity index (χ4n) is 5.03. The average molecular weight is 682 g/mol. The normalized spacial score (nSPS) is 13.4. The molecule has 0 aliphatic heterocycles. The maximum Gasteiger partial charge on any atom is 0.326 e. The lowest BCUT2D eigenvalue weighted by atomic mass is 10.1. The van der Waals surface area contributed by atoms with Gasteiger partial charge in [-0.15, -0.1) is 0 Å². The molecule has 0 bridgehead atoms. The Morgan fingerprint density at radius 2 is 1.34 bits per heavy atom. The van der Waals surface area contributed by atoms with Crippen LogP contribution in [0.15, 0.2) is 12.7 Å². The number of fused-ring (bicyclic) bond motifs is 1. The van der Waals surface area contributed by atoms with Gasteiger partial charge >= 0.3 is 11.9 Å². The summed E-state index contributed by atoms with van der Waals surface area (Å²) in [7, 11) is -3.79. The van der Waals surface area contributed by atoms with Gasteiger partial charge in [-0.25, -0.2) is 25.1 Å². The summed E-state index contributed by atoms with van der Waals surface area (Å²) in [5, 5.41) is 5.95. The van der Waals surface area contributed by atoms with Gasteiger partial charge in [-0.2, -0.15) is 0 Å². The monoisotopic (exact) mass is 681 g/mol. The van der Waals surface area contributed by atoms with Crippen LogP contribution >= 0.6 is 7.44 Å². The first kappa shape index (κ1) is 40.6. The molecule has 0 aliphatic rings. The quantitative estimate of drug-likeness (QED) is 0.0688. The van der Waals surface area contributed by atoms with E-state index in [2.05, 4.69) is 52.8 Å². The summed E-state index contributed by atoms with van der Waals surface area (Å²) < 4.78 is 33.5. The van der Waals surface area contributed by atoms with Crippen LogP contribution in [0.25, 0.3) is 11.2 Å². The zero-order valence-electron chi connectivity index (χ0n) is 30.1. The number of nitrogens with one attached hydrogen (secondary N) is 2. The van der Waals surface area contributed by atoms with Gasteiger partial charge in [-0.05, 0) is 59.3 Å². The summed E-state index contributed by atoms with van der Waals surface area (Å²) in [6.07, 6.45) is 10.0. The molecule has 0 unspecified atom stereocenters. The zero-order chi connectivity index (χ0) is 35.3. The van der Waals surface area contributed by atoms with Crippen LogP contribution in [-0.4, -0.2) is 68.2 Å². The fourth-order valence-corrected chi connectivity index (χ4v) is 7.67. The van der Waals surface area contributed by atoms with Crippen molar-refractivity contribution in [2.75, 3.05) is 25.3 Å². The number of esters is 2. The number of imidazole rings is 1. The number of nitrogen functional groups attached to an aromatic ring is 1. The molecule has 2 aromatic heterocycles. The average Bonchev–Trinajstić information content (AvgIpc) is 3.38. The molecule has 0 radical (unpaired) electrons. The van der Waals surface area contributed by atoms with E-state index >= 15 is 0 Å². The second-order valence-corrected chi connectivity index (χ2v) is 16.6. The van der Waals surface area contributed by atoms with Crippen molar-refractivity contribution >= 4 is 36.4 Å². The van der Waals surface area contributed by atoms with Gasteiger partial charge < -0.3 is 24.5 Å². The van der Waals surface area contributed by atoms with Crippen LogP contribution in [0.2, 0.25) is 0 Å². The van der Waals surface area contributed by atoms with Gasteiger partial charge in [-0.1, -0.05) is 66.2 Å². The highest BCUT2D eigenvalue weighted by Gasteiger charge is 2.43. The highest BCUT2D eigenvalue weighted by molar-refractivity contribution is 7.59. The number of carbonyl (C=O) groups excluding carboxylic acids is 2. The molecule has 0 spiro atoms. The number of nitrogens with zero attached hydrogens (tertiary/aromatic N) is 4. The highest BCUT2D eigenvalue weighted by atomic mass is 31.2. The third-order valence-electron chi connectivity index (χ3n) is 7.68. The van der Waals surface area contributed by atoms with Crippen molar-refractivity contribution in [1.82, 2.24) is 29.7 Å². The lowest BCUT2D eigenvalue weighted by Gasteiger charge is -2.35. The Morgan fingerprint density at radius 3 is 1.83 bits per heavy atom. The minimum atomic E-state index is -3.79. The van der Waals surface area contributed by atoms with Crippen molar-refractivity contribution in [2.24, 2.45) is 11.8 Å². The highest BCUT2D eigenvalue weighted by Crippen LogP contribution is 2.42. The molecule has 0 amide bonds. The molecule has 47 heavy (non-hydrogen) atoms. The van der Waals surface area contributed by atoms with E-state index in [1.165, 1.54) is 6.33 Å². The molecule has 14 heteroatoms. The van der Waals surface area contributed by atoms with Crippen LogP contribution in [0.5, 0.6) is 0 Å². The number of rotatable bonds is 23. The van der Waals surface area contributed by atoms with Crippen LogP contribution in [0.1, 0.15) is 114 Å². The van der Waals surface area contributed by atoms with Gasteiger partial charge in [0.25, 0.3) is 0 Å². The van der Waals surface area contributed by atoms with Crippen LogP contribution in [-0.2, 0) is 34.9 Å². The van der Waals surface area contributed by atoms with Crippen molar-refractivity contribution in [2.45, 2.75) is 137 Å². The first-order valence-corrected chi connectivity index (χ1v) is 18.9. The van der Waals surface area contributed by atoms with E-state index in [9.17, 15) is 14.2 Å². The Hall–Kier alpha value is -2.60. The van der Waals surface area contributed by atoms with Gasteiger partial charge in [-0.3, -0.25) is 14.2 Å². The van der Waals surface area contributed by atoms with E-state index in [0.717, 1.165) is 51.4 Å². The third-order valence-corrected chi connectivity index (χ3v) is 10.0. The fraction of sp³-hybridized carbons (Fsp3) is 0.788. The Bertz CT molecular complexity index is 1260. The van der Waals surface area contributed by atoms with Gasteiger partial charge in [0, 0.05) is 0 Å². The summed E-state index contributed by atoms with van der Waals surface area (Å²) in [6.45, 7) is 17.9. The summed E-state index contributed by atoms with van der Waals surface area (Å²) in [4.78, 5) is 38.8. The van der Waals surface area contributed by atoms with E-state index in [0.29, 0.717) is 29.5 Å². The van der Waals surface area contributed by atoms with Crippen molar-refractivity contribution in [3.8, 4) is 0 Å². The van der Waals surface area contributed by atoms with Crippen molar-refractivity contribution in [1.29, 1.82) is 0 Å². The number of nitrogens with two attached hydrogens (primary N) is 1. The molecule has 1 atom stereocenters. The van der Waals surface area contributed by atoms with E-state index < -0.39 is 36.6 Å². The number of unbranched alkanes of at least 4 members (excludes halogenated alkanes) is 4. The van der Waals surface area contributed by atoms with Crippen molar-refractivity contribution in [3.63, 3.8) is 0 Å². The van der Waals surface area contributed by atoms with Gasteiger partial charge in [0.05, 0.1) is 32.2 Å². The van der Waals surface area contributed by atoms with E-state index in [-0.39, 0.29) is 25.4 Å². The SMILES string of the molecule is CC(C)CCCCCOC(=O)C(C)(C)NP(=O)(CO[C@H](C)Cn1cnc2c(N)ncnc21)NC(C)(C)C(=O)OCCCCCC(C)C. The number of aromatic nitrogens is 4. The molecule has 2 heterocycles. The molecule has 0 saturated carbocycles. The summed E-state index contributed by atoms with van der Waals surface area (Å²) in [5.41, 5.74) is 4.25. The Morgan fingerprint density at radius 1 is 0.830 bits per heavy atom. The summed E-state index contributed by atoms with van der Waals surface area (Å²) >= 11 is 0. The molecule has 13 nitrogen and oxygen atoms in total. The Balaban J connectivity index is 2.10. The molecule has 268 valence electrons. The third kappa shape index (κ3) is 14.2. The van der Waals surface area contributed by atoms with E-state index in [4.69, 9.17) is 19.9 Å². The smallest absolute Gasteiger partial charge is 0.326 e. The number of carbonyl (C=O) groups is 2. The molecule has 0 saturated heterocycles. The minimum absolute atomic E-state index is 0.273. The van der Waals surface area contributed by atoms with Crippen molar-refractivity contribution in [3.05, 3.63) is 12.7 Å². The first-order valence-electron chi connectivity index (χ1n) is 17.0. The van der Waals surface area contributed by atoms with E-state index in [1.807, 2.05) is 6.92 Å². The number of hydrogen-bond acceptors (Lipinski definition) is 10. The molecular formula is C33H60N7O6P. The van der Waals surface area contributed by atoms with Gasteiger partial charge in [0.2, 0.25) is 7.44 Å². The number of ether oxygens (including phenoxy) is 3. The Labute approximate surface area is 281 Å². The molecule has 2 rings (SSSR count). The molecule has 0 aliphatic carbocycles. The molecule has 2 aromatic rings. The van der Waals surface area contributed by atoms with Gasteiger partial charge in [0.15, 0.2) is 11.5 Å². The molecule has 0 fully saturated rings. The largest absolute Gasteiger partial charge is 0.464 e. The van der Waals surface area contributed by atoms with Crippen LogP contribution in [0.3, 0.4) is 0 Å². The topological polar surface area (TPSA) is 173 Å². The van der Waals surface area contributed by atoms with Crippen LogP contribution in [0.4, 0.5) is 5.82 Å². The van der Waals surface area contributed by atoms with Crippen LogP contribution < -0.4 is 15.9 Å². The second-order valence-electron chi connectivity index (χ2n) is 14.4. The maximum absolute atomic E-state index is 14.6.